The van der Waals surface area contributed by atoms with Gasteiger partial charge in [0.15, 0.2) is 0 Å². The Labute approximate surface area is 166 Å². The SMILES string of the molecule is C[C@]1(C(=O)[O-])[NH2+][C@@H](c2ccc(O)cc2O)[C@H]2C(=O)N(Cc3ccccc3)C(=O)[C@@H]21. The molecule has 8 nitrogen and oxygen atoms in total. The van der Waals surface area contributed by atoms with E-state index in [1.807, 2.05) is 6.07 Å². The summed E-state index contributed by atoms with van der Waals surface area (Å²) < 4.78 is 0. The highest BCUT2D eigenvalue weighted by Gasteiger charge is 2.68. The summed E-state index contributed by atoms with van der Waals surface area (Å²) in [6, 6.07) is 12.0. The fourth-order valence-electron chi connectivity index (χ4n) is 4.54. The molecule has 2 aliphatic heterocycles. The van der Waals surface area contributed by atoms with Crippen molar-refractivity contribution in [3.05, 3.63) is 59.7 Å². The summed E-state index contributed by atoms with van der Waals surface area (Å²) in [7, 11) is 0. The zero-order valence-corrected chi connectivity index (χ0v) is 15.6. The number of phenolic OH excluding ortho intramolecular Hbond substituents is 2. The predicted molar refractivity (Wildman–Crippen MR) is 96.8 cm³/mol. The van der Waals surface area contributed by atoms with Crippen LogP contribution in [0, 0.1) is 11.8 Å². The van der Waals surface area contributed by atoms with E-state index in [2.05, 4.69) is 0 Å². The lowest BCUT2D eigenvalue weighted by Crippen LogP contribution is -2.98. The minimum atomic E-state index is -1.67. The van der Waals surface area contributed by atoms with E-state index in [9.17, 15) is 29.7 Å². The molecule has 0 radical (unpaired) electrons. The van der Waals surface area contributed by atoms with Gasteiger partial charge in [0, 0.05) is 6.07 Å². The summed E-state index contributed by atoms with van der Waals surface area (Å²) in [4.78, 5) is 39.4. The maximum absolute atomic E-state index is 13.2. The number of aromatic hydroxyl groups is 2. The molecule has 2 aromatic carbocycles. The van der Waals surface area contributed by atoms with E-state index in [1.165, 1.54) is 24.4 Å². The van der Waals surface area contributed by atoms with Gasteiger partial charge in [0.1, 0.15) is 40.9 Å². The number of quaternary nitrogens is 1. The quantitative estimate of drug-likeness (QED) is 0.569. The average molecular weight is 396 g/mol. The molecule has 150 valence electrons. The van der Waals surface area contributed by atoms with Crippen LogP contribution < -0.4 is 10.4 Å². The molecule has 2 heterocycles. The van der Waals surface area contributed by atoms with E-state index < -0.39 is 41.2 Å². The van der Waals surface area contributed by atoms with Crippen LogP contribution in [0.4, 0.5) is 0 Å². The van der Waals surface area contributed by atoms with Crippen molar-refractivity contribution in [2.24, 2.45) is 11.8 Å². The molecule has 4 atom stereocenters. The second kappa shape index (κ2) is 6.59. The highest BCUT2D eigenvalue weighted by atomic mass is 16.4. The van der Waals surface area contributed by atoms with E-state index >= 15 is 0 Å². The first-order chi connectivity index (χ1) is 13.7. The van der Waals surface area contributed by atoms with Crippen LogP contribution in [-0.2, 0) is 20.9 Å². The van der Waals surface area contributed by atoms with Crippen molar-refractivity contribution in [2.75, 3.05) is 0 Å². The monoisotopic (exact) mass is 396 g/mol. The Morgan fingerprint density at radius 2 is 1.83 bits per heavy atom. The summed E-state index contributed by atoms with van der Waals surface area (Å²) in [6.45, 7) is 1.41. The van der Waals surface area contributed by atoms with Crippen LogP contribution in [0.25, 0.3) is 0 Å². The van der Waals surface area contributed by atoms with Crippen LogP contribution in [-0.4, -0.2) is 38.4 Å². The Balaban J connectivity index is 1.77. The Bertz CT molecular complexity index is 1010. The van der Waals surface area contributed by atoms with Gasteiger partial charge in [-0.1, -0.05) is 30.3 Å². The molecule has 0 aliphatic carbocycles. The van der Waals surface area contributed by atoms with E-state index in [4.69, 9.17) is 0 Å². The Morgan fingerprint density at radius 1 is 1.14 bits per heavy atom. The number of carbonyl (C=O) groups excluding carboxylic acids is 3. The average Bonchev–Trinajstić information content (AvgIpc) is 3.12. The van der Waals surface area contributed by atoms with Gasteiger partial charge in [0.25, 0.3) is 0 Å². The van der Waals surface area contributed by atoms with Gasteiger partial charge in [-0.15, -0.1) is 0 Å². The number of nitrogens with zero attached hydrogens (tertiary/aromatic N) is 1. The van der Waals surface area contributed by atoms with Gasteiger partial charge < -0.3 is 25.4 Å². The van der Waals surface area contributed by atoms with Gasteiger partial charge in [-0.05, 0) is 24.6 Å². The standard InChI is InChI=1S/C21H20N2O6/c1-21(20(28)29)16-15(17(22-21)13-8-7-12(24)9-14(13)25)18(26)23(19(16)27)10-11-5-3-2-4-6-11/h2-9,15-17,22,24-25H,10H2,1H3,(H,28,29)/t15-,16+,17-,21-/m0/s1. The molecule has 2 amide bonds. The first-order valence-corrected chi connectivity index (χ1v) is 9.22. The van der Waals surface area contributed by atoms with Crippen molar-refractivity contribution in [1.29, 1.82) is 0 Å². The van der Waals surface area contributed by atoms with Crippen LogP contribution in [0.3, 0.4) is 0 Å². The lowest BCUT2D eigenvalue weighted by atomic mass is 9.80. The van der Waals surface area contributed by atoms with Gasteiger partial charge in [-0.2, -0.15) is 0 Å². The molecule has 0 aromatic heterocycles. The van der Waals surface area contributed by atoms with Gasteiger partial charge in [0.05, 0.1) is 12.1 Å². The van der Waals surface area contributed by atoms with Crippen LogP contribution in [0.15, 0.2) is 48.5 Å². The number of hydrogen-bond acceptors (Lipinski definition) is 6. The number of fused-ring (bicyclic) bond motifs is 1. The number of carboxylic acid groups (broad SMARTS) is 1. The minimum Gasteiger partial charge on any atom is -0.544 e. The Kier molecular flexibility index (Phi) is 4.31. The molecule has 0 unspecified atom stereocenters. The van der Waals surface area contributed by atoms with Crippen LogP contribution in [0.5, 0.6) is 11.5 Å². The molecule has 4 N–H and O–H groups in total. The highest BCUT2D eigenvalue weighted by Crippen LogP contribution is 2.46. The van der Waals surface area contributed by atoms with E-state index in [1.54, 1.807) is 24.3 Å². The van der Waals surface area contributed by atoms with Crippen molar-refractivity contribution >= 4 is 17.8 Å². The Morgan fingerprint density at radius 3 is 2.45 bits per heavy atom. The summed E-state index contributed by atoms with van der Waals surface area (Å²) in [5.74, 6) is -5.02. The molecule has 29 heavy (non-hydrogen) atoms. The van der Waals surface area contributed by atoms with Crippen molar-refractivity contribution in [2.45, 2.75) is 25.0 Å². The van der Waals surface area contributed by atoms with Crippen LogP contribution in [0.2, 0.25) is 0 Å². The van der Waals surface area contributed by atoms with Crippen LogP contribution in [0.1, 0.15) is 24.1 Å². The molecule has 4 rings (SSSR count). The fourth-order valence-corrected chi connectivity index (χ4v) is 4.54. The van der Waals surface area contributed by atoms with Crippen molar-refractivity contribution in [3.63, 3.8) is 0 Å². The number of amides is 2. The number of imide groups is 1. The molecule has 2 saturated heterocycles. The molecule has 0 bridgehead atoms. The summed E-state index contributed by atoms with van der Waals surface area (Å²) >= 11 is 0. The summed E-state index contributed by atoms with van der Waals surface area (Å²) in [5, 5.41) is 33.2. The molecule has 2 aromatic rings. The molecule has 0 spiro atoms. The normalized spacial score (nSPS) is 28.6. The van der Waals surface area contributed by atoms with Crippen molar-refractivity contribution in [3.8, 4) is 11.5 Å². The topological polar surface area (TPSA) is 135 Å². The van der Waals surface area contributed by atoms with Crippen molar-refractivity contribution in [1.82, 2.24) is 4.90 Å². The van der Waals surface area contributed by atoms with Gasteiger partial charge in [0.2, 0.25) is 11.8 Å². The van der Waals surface area contributed by atoms with Gasteiger partial charge in [-0.3, -0.25) is 14.5 Å². The lowest BCUT2D eigenvalue weighted by Gasteiger charge is -2.29. The summed E-state index contributed by atoms with van der Waals surface area (Å²) in [6.07, 6.45) is 0. The molecule has 2 fully saturated rings. The maximum atomic E-state index is 13.2. The van der Waals surface area contributed by atoms with E-state index in [-0.39, 0.29) is 23.6 Å². The third kappa shape index (κ3) is 2.84. The van der Waals surface area contributed by atoms with Crippen LogP contribution >= 0.6 is 0 Å². The number of carbonyl (C=O) groups is 3. The largest absolute Gasteiger partial charge is 0.544 e. The molecule has 0 saturated carbocycles. The first kappa shape index (κ1) is 18.9. The van der Waals surface area contributed by atoms with Crippen molar-refractivity contribution < 1.29 is 35.0 Å². The molecule has 2 aliphatic rings. The van der Waals surface area contributed by atoms with Gasteiger partial charge >= 0.3 is 0 Å². The first-order valence-electron chi connectivity index (χ1n) is 9.22. The number of aliphatic carboxylic acids is 1. The zero-order valence-electron chi connectivity index (χ0n) is 15.6. The predicted octanol–water partition coefficient (Wildman–Crippen LogP) is -0.974. The number of likely N-dealkylation sites (tertiary alicyclic amines) is 1. The minimum absolute atomic E-state index is 0.0446. The fraction of sp³-hybridized carbons (Fsp3) is 0.286. The zero-order chi connectivity index (χ0) is 20.9. The summed E-state index contributed by atoms with van der Waals surface area (Å²) in [5.41, 5.74) is -0.638. The van der Waals surface area contributed by atoms with E-state index in [0.717, 1.165) is 16.5 Å². The number of rotatable bonds is 4. The second-order valence-electron chi connectivity index (χ2n) is 7.76. The highest BCUT2D eigenvalue weighted by molar-refractivity contribution is 6.08. The number of phenols is 2. The molecular formula is C21H20N2O6. The maximum Gasteiger partial charge on any atom is 0.240 e. The third-order valence-electron chi connectivity index (χ3n) is 6.00. The van der Waals surface area contributed by atoms with Gasteiger partial charge in [-0.25, -0.2) is 0 Å². The molecule has 8 heteroatoms. The number of nitrogens with two attached hydrogens (primary N) is 1. The van der Waals surface area contributed by atoms with E-state index in [0.29, 0.717) is 0 Å². The molecular weight excluding hydrogens is 376 g/mol. The number of carboxylic acids is 1. The number of benzene rings is 2. The Hall–Kier alpha value is -3.39. The third-order valence-corrected chi connectivity index (χ3v) is 6.00. The smallest absolute Gasteiger partial charge is 0.240 e. The number of hydrogen-bond donors (Lipinski definition) is 3. The lowest BCUT2D eigenvalue weighted by molar-refractivity contribution is -0.735. The second-order valence-corrected chi connectivity index (χ2v) is 7.76.